The summed E-state index contributed by atoms with van der Waals surface area (Å²) in [7, 11) is 0. The van der Waals surface area contributed by atoms with Crippen molar-refractivity contribution in [3.8, 4) is 5.75 Å². The van der Waals surface area contributed by atoms with E-state index in [-0.39, 0.29) is 0 Å². The van der Waals surface area contributed by atoms with Crippen LogP contribution in [0.4, 0.5) is 5.69 Å². The van der Waals surface area contributed by atoms with Gasteiger partial charge in [0.15, 0.2) is 0 Å². The molecule has 0 radical (unpaired) electrons. The molecule has 0 fully saturated rings. The van der Waals surface area contributed by atoms with Gasteiger partial charge in [0, 0.05) is 0 Å². The topological polar surface area (TPSA) is 35.2 Å². The van der Waals surface area contributed by atoms with Gasteiger partial charge in [-0.05, 0) is 59.9 Å². The molecule has 0 saturated carbocycles. The molecule has 0 bridgehead atoms. The quantitative estimate of drug-likeness (QED) is 0.615. The molecule has 5 heteroatoms. The van der Waals surface area contributed by atoms with Gasteiger partial charge in [-0.1, -0.05) is 12.1 Å². The Hall–Kier alpha value is 0.260. The van der Waals surface area contributed by atoms with Crippen LogP contribution < -0.4 is 10.5 Å². The first-order chi connectivity index (χ1) is 5.49. The number of rotatable bonds is 1. The summed E-state index contributed by atoms with van der Waals surface area (Å²) in [5.41, 5.74) is 6.24. The van der Waals surface area contributed by atoms with Gasteiger partial charge >= 0.3 is 0 Å². The number of hydrogen-bond donors (Lipinski definition) is 1. The van der Waals surface area contributed by atoms with E-state index >= 15 is 0 Å². The average molecular weight is 360 g/mol. The highest BCUT2D eigenvalue weighted by molar-refractivity contribution is 9.39. The van der Waals surface area contributed by atoms with Crippen LogP contribution in [0.1, 0.15) is 0 Å². The highest BCUT2D eigenvalue weighted by Gasteiger charge is 2.20. The molecule has 66 valence electrons. The zero-order chi connectivity index (χ0) is 9.19. The Morgan fingerprint density at radius 2 is 1.75 bits per heavy atom. The molecule has 1 aromatic rings. The van der Waals surface area contributed by atoms with Crippen molar-refractivity contribution in [1.82, 2.24) is 0 Å². The van der Waals surface area contributed by atoms with Crippen LogP contribution in [0.25, 0.3) is 0 Å². The third kappa shape index (κ3) is 3.33. The van der Waals surface area contributed by atoms with Crippen molar-refractivity contribution in [2.24, 2.45) is 0 Å². The van der Waals surface area contributed by atoms with Crippen molar-refractivity contribution in [3.63, 3.8) is 0 Å². The minimum Gasteiger partial charge on any atom is -0.454 e. The van der Waals surface area contributed by atoms with Crippen LogP contribution in [0.3, 0.4) is 0 Å². The second-order valence-corrected chi connectivity index (χ2v) is 8.63. The van der Waals surface area contributed by atoms with E-state index in [9.17, 15) is 0 Å². The SMILES string of the molecule is Nc1ccccc1OC(Br)(Br)Br. The molecule has 12 heavy (non-hydrogen) atoms. The minimum absolute atomic E-state index is 0.597. The van der Waals surface area contributed by atoms with E-state index in [1.807, 2.05) is 12.1 Å². The lowest BCUT2D eigenvalue weighted by Crippen LogP contribution is -2.11. The summed E-state index contributed by atoms with van der Waals surface area (Å²) in [6.45, 7) is 0. The molecule has 0 aliphatic rings. The third-order valence-corrected chi connectivity index (χ3v) is 1.63. The summed E-state index contributed by atoms with van der Waals surface area (Å²) >= 11 is 9.61. The maximum atomic E-state index is 5.64. The molecular formula is C7H6Br3NO. The van der Waals surface area contributed by atoms with Crippen LogP contribution in [0.2, 0.25) is 0 Å². The highest BCUT2D eigenvalue weighted by atomic mass is 80.0. The molecule has 2 N–H and O–H groups in total. The first kappa shape index (κ1) is 10.3. The summed E-state index contributed by atoms with van der Waals surface area (Å²) in [6, 6.07) is 7.26. The fraction of sp³-hybridized carbons (Fsp3) is 0.143. The number of halogens is 3. The van der Waals surface area contributed by atoms with Gasteiger partial charge in [0.2, 0.25) is 0 Å². The largest absolute Gasteiger partial charge is 0.454 e. The Bertz CT molecular complexity index is 272. The Balaban J connectivity index is 2.83. The molecule has 0 aromatic heterocycles. The Labute approximate surface area is 95.9 Å². The van der Waals surface area contributed by atoms with Crippen LogP contribution in [-0.4, -0.2) is 2.33 Å². The molecule has 0 heterocycles. The van der Waals surface area contributed by atoms with Gasteiger partial charge < -0.3 is 10.5 Å². The standard InChI is InChI=1S/C7H6Br3NO/c8-7(9,10)12-6-4-2-1-3-5(6)11/h1-4H,11H2. The maximum Gasteiger partial charge on any atom is 0.272 e. The number of anilines is 1. The maximum absolute atomic E-state index is 5.64. The molecular weight excluding hydrogens is 354 g/mol. The first-order valence-corrected chi connectivity index (χ1v) is 5.47. The normalized spacial score (nSPS) is 11.2. The smallest absolute Gasteiger partial charge is 0.272 e. The van der Waals surface area contributed by atoms with Crippen molar-refractivity contribution in [2.45, 2.75) is 2.33 Å². The molecule has 0 spiro atoms. The van der Waals surface area contributed by atoms with E-state index in [0.29, 0.717) is 11.4 Å². The van der Waals surface area contributed by atoms with Gasteiger partial charge in [0.1, 0.15) is 5.75 Å². The Morgan fingerprint density at radius 3 is 2.25 bits per heavy atom. The lowest BCUT2D eigenvalue weighted by molar-refractivity contribution is 0.358. The van der Waals surface area contributed by atoms with Crippen molar-refractivity contribution in [2.75, 3.05) is 5.73 Å². The van der Waals surface area contributed by atoms with E-state index in [2.05, 4.69) is 47.8 Å². The summed E-state index contributed by atoms with van der Waals surface area (Å²) in [6.07, 6.45) is 0. The van der Waals surface area contributed by atoms with Crippen LogP contribution >= 0.6 is 47.8 Å². The molecule has 0 aliphatic heterocycles. The fourth-order valence-electron chi connectivity index (χ4n) is 0.698. The molecule has 1 rings (SSSR count). The molecule has 0 saturated heterocycles. The van der Waals surface area contributed by atoms with E-state index in [1.165, 1.54) is 0 Å². The molecule has 1 aromatic carbocycles. The van der Waals surface area contributed by atoms with Gasteiger partial charge in [0.05, 0.1) is 5.69 Å². The number of nitrogens with two attached hydrogens (primary N) is 1. The van der Waals surface area contributed by atoms with Gasteiger partial charge in [-0.3, -0.25) is 0 Å². The number of para-hydroxylation sites is 2. The van der Waals surface area contributed by atoms with Crippen molar-refractivity contribution in [3.05, 3.63) is 24.3 Å². The average Bonchev–Trinajstić information content (AvgIpc) is 1.91. The molecule has 0 unspecified atom stereocenters. The lowest BCUT2D eigenvalue weighted by atomic mass is 10.3. The zero-order valence-electron chi connectivity index (χ0n) is 5.93. The Kier molecular flexibility index (Phi) is 3.43. The number of nitrogen functional groups attached to an aromatic ring is 1. The van der Waals surface area contributed by atoms with E-state index in [1.54, 1.807) is 12.1 Å². The van der Waals surface area contributed by atoms with E-state index < -0.39 is 2.33 Å². The summed E-state index contributed by atoms with van der Waals surface area (Å²) in [4.78, 5) is 0. The monoisotopic (exact) mass is 357 g/mol. The molecule has 2 nitrogen and oxygen atoms in total. The minimum atomic E-state index is -0.748. The van der Waals surface area contributed by atoms with Crippen LogP contribution in [0, 0.1) is 0 Å². The van der Waals surface area contributed by atoms with Crippen molar-refractivity contribution in [1.29, 1.82) is 0 Å². The molecule has 0 atom stereocenters. The van der Waals surface area contributed by atoms with E-state index in [0.717, 1.165) is 0 Å². The third-order valence-electron chi connectivity index (χ3n) is 1.14. The van der Waals surface area contributed by atoms with Crippen molar-refractivity contribution < 1.29 is 4.74 Å². The van der Waals surface area contributed by atoms with Gasteiger partial charge in [-0.25, -0.2) is 0 Å². The van der Waals surface area contributed by atoms with Gasteiger partial charge in [0.25, 0.3) is 2.33 Å². The van der Waals surface area contributed by atoms with Crippen LogP contribution in [-0.2, 0) is 0 Å². The van der Waals surface area contributed by atoms with Crippen molar-refractivity contribution >= 4 is 53.5 Å². The number of hydrogen-bond acceptors (Lipinski definition) is 2. The predicted octanol–water partition coefficient (Wildman–Crippen LogP) is 3.44. The first-order valence-electron chi connectivity index (χ1n) is 3.09. The zero-order valence-corrected chi connectivity index (χ0v) is 10.7. The fourth-order valence-corrected chi connectivity index (χ4v) is 1.22. The summed E-state index contributed by atoms with van der Waals surface area (Å²) in [5.74, 6) is 0.614. The second kappa shape index (κ2) is 3.98. The van der Waals surface area contributed by atoms with E-state index in [4.69, 9.17) is 10.5 Å². The summed E-state index contributed by atoms with van der Waals surface area (Å²) < 4.78 is 4.61. The highest BCUT2D eigenvalue weighted by Crippen LogP contribution is 2.37. The molecule has 0 amide bonds. The van der Waals surface area contributed by atoms with Crippen LogP contribution in [0.15, 0.2) is 24.3 Å². The van der Waals surface area contributed by atoms with Gasteiger partial charge in [-0.2, -0.15) is 0 Å². The second-order valence-electron chi connectivity index (χ2n) is 2.09. The molecule has 0 aliphatic carbocycles. The predicted molar refractivity (Wildman–Crippen MR) is 61.0 cm³/mol. The van der Waals surface area contributed by atoms with Crippen LogP contribution in [0.5, 0.6) is 5.75 Å². The summed E-state index contributed by atoms with van der Waals surface area (Å²) in [5, 5.41) is 0. The number of alkyl halides is 3. The number of benzene rings is 1. The lowest BCUT2D eigenvalue weighted by Gasteiger charge is -2.16. The van der Waals surface area contributed by atoms with Gasteiger partial charge in [-0.15, -0.1) is 0 Å². The number of ether oxygens (including phenoxy) is 1. The Morgan fingerprint density at radius 1 is 1.17 bits per heavy atom.